The Bertz CT molecular complexity index is 875. The van der Waals surface area contributed by atoms with Crippen molar-refractivity contribution < 1.29 is 24.2 Å². The molecule has 1 heterocycles. The summed E-state index contributed by atoms with van der Waals surface area (Å²) in [6, 6.07) is 13.0. The van der Waals surface area contributed by atoms with Gasteiger partial charge in [-0.25, -0.2) is 9.59 Å². The van der Waals surface area contributed by atoms with E-state index in [0.717, 1.165) is 16.0 Å². The minimum Gasteiger partial charge on any atom is -0.507 e. The van der Waals surface area contributed by atoms with E-state index in [1.807, 2.05) is 36.6 Å². The number of rotatable bonds is 3. The number of ether oxygens (including phenoxy) is 2. The highest BCUT2D eigenvalue weighted by atomic mass is 32.2. The quantitative estimate of drug-likeness (QED) is 0.381. The number of carbonyl (C=O) groups excluding carboxylic acids is 2. The average Bonchev–Trinajstić information content (AvgIpc) is 2.58. The fraction of sp³-hybridized carbons (Fsp3) is 0.200. The second-order valence-corrected chi connectivity index (χ2v) is 7.12. The largest absolute Gasteiger partial charge is 0.507 e. The Kier molecular flexibility index (Phi) is 4.78. The summed E-state index contributed by atoms with van der Waals surface area (Å²) in [4.78, 5) is 25.2. The molecule has 1 aliphatic rings. The highest BCUT2D eigenvalue weighted by Crippen LogP contribution is 2.31. The van der Waals surface area contributed by atoms with Gasteiger partial charge in [0.15, 0.2) is 0 Å². The van der Waals surface area contributed by atoms with Gasteiger partial charge in [-0.05, 0) is 41.7 Å². The third-order valence-corrected chi connectivity index (χ3v) is 4.61. The molecule has 0 aliphatic carbocycles. The van der Waals surface area contributed by atoms with Crippen molar-refractivity contribution >= 4 is 29.8 Å². The monoisotopic (exact) mass is 370 g/mol. The molecule has 2 aromatic carbocycles. The number of thioether (sulfide) groups is 1. The number of hydrogen-bond acceptors (Lipinski definition) is 6. The second kappa shape index (κ2) is 6.88. The van der Waals surface area contributed by atoms with Gasteiger partial charge in [-0.2, -0.15) is 0 Å². The van der Waals surface area contributed by atoms with Gasteiger partial charge in [0.2, 0.25) is 0 Å². The molecule has 1 saturated heterocycles. The molecule has 3 rings (SSSR count). The van der Waals surface area contributed by atoms with E-state index < -0.39 is 17.7 Å². The van der Waals surface area contributed by atoms with Gasteiger partial charge < -0.3 is 14.6 Å². The topological polar surface area (TPSA) is 72.8 Å². The predicted octanol–water partition coefficient (Wildman–Crippen LogP) is 4.00. The molecule has 0 unspecified atom stereocenters. The number of cyclic esters (lactones) is 2. The number of phenols is 1. The van der Waals surface area contributed by atoms with E-state index in [9.17, 15) is 14.7 Å². The van der Waals surface area contributed by atoms with Crippen molar-refractivity contribution in [3.8, 4) is 16.9 Å². The summed E-state index contributed by atoms with van der Waals surface area (Å²) in [7, 11) is 0. The van der Waals surface area contributed by atoms with Crippen LogP contribution >= 0.6 is 11.8 Å². The molecule has 1 fully saturated rings. The predicted molar refractivity (Wildman–Crippen MR) is 99.6 cm³/mol. The first-order chi connectivity index (χ1) is 12.3. The first-order valence-corrected chi connectivity index (χ1v) is 9.17. The van der Waals surface area contributed by atoms with Crippen LogP contribution in [0.5, 0.6) is 5.75 Å². The van der Waals surface area contributed by atoms with Gasteiger partial charge in [-0.15, -0.1) is 11.8 Å². The van der Waals surface area contributed by atoms with Crippen LogP contribution in [0.4, 0.5) is 0 Å². The lowest BCUT2D eigenvalue weighted by Gasteiger charge is -2.29. The van der Waals surface area contributed by atoms with E-state index in [4.69, 9.17) is 9.47 Å². The maximum absolute atomic E-state index is 12.0. The zero-order valence-electron chi connectivity index (χ0n) is 14.6. The zero-order valence-corrected chi connectivity index (χ0v) is 15.4. The highest BCUT2D eigenvalue weighted by Gasteiger charge is 2.38. The Morgan fingerprint density at radius 2 is 1.54 bits per heavy atom. The van der Waals surface area contributed by atoms with Crippen molar-refractivity contribution in [2.45, 2.75) is 24.5 Å². The summed E-state index contributed by atoms with van der Waals surface area (Å²) in [5, 5.41) is 10.3. The number of phenolic OH excluding ortho intramolecular Hbond substituents is 1. The van der Waals surface area contributed by atoms with Crippen LogP contribution in [0.1, 0.15) is 19.4 Å². The number of benzene rings is 2. The lowest BCUT2D eigenvalue weighted by Crippen LogP contribution is -2.41. The molecule has 6 heteroatoms. The summed E-state index contributed by atoms with van der Waals surface area (Å²) in [6.07, 6.45) is 3.28. The van der Waals surface area contributed by atoms with Gasteiger partial charge >= 0.3 is 11.9 Å². The lowest BCUT2D eigenvalue weighted by atomic mass is 10.0. The Balaban J connectivity index is 1.90. The van der Waals surface area contributed by atoms with Gasteiger partial charge in [-0.3, -0.25) is 0 Å². The van der Waals surface area contributed by atoms with Crippen molar-refractivity contribution in [1.82, 2.24) is 0 Å². The number of esters is 2. The molecule has 5 nitrogen and oxygen atoms in total. The molecule has 2 aromatic rings. The molecule has 1 N–H and O–H groups in total. The molecule has 0 spiro atoms. The maximum atomic E-state index is 12.0. The Hall–Kier alpha value is -2.73. The summed E-state index contributed by atoms with van der Waals surface area (Å²) in [5.74, 6) is -2.89. The summed E-state index contributed by atoms with van der Waals surface area (Å²) < 4.78 is 10.1. The molecule has 134 valence electrons. The maximum Gasteiger partial charge on any atom is 0.348 e. The molecular formula is C20H18O5S. The molecule has 26 heavy (non-hydrogen) atoms. The number of carbonyl (C=O) groups is 2. The van der Waals surface area contributed by atoms with Crippen molar-refractivity contribution in [2.24, 2.45) is 0 Å². The van der Waals surface area contributed by atoms with E-state index in [1.54, 1.807) is 23.9 Å². The van der Waals surface area contributed by atoms with Gasteiger partial charge in [0.1, 0.15) is 11.3 Å². The van der Waals surface area contributed by atoms with Gasteiger partial charge in [0, 0.05) is 24.3 Å². The van der Waals surface area contributed by atoms with E-state index in [1.165, 1.54) is 19.9 Å². The first-order valence-electron chi connectivity index (χ1n) is 7.95. The highest BCUT2D eigenvalue weighted by molar-refractivity contribution is 7.98. The smallest absolute Gasteiger partial charge is 0.348 e. The minimum absolute atomic E-state index is 0.0469. The van der Waals surface area contributed by atoms with E-state index in [-0.39, 0.29) is 11.3 Å². The third-order valence-electron chi connectivity index (χ3n) is 3.87. The Labute approximate surface area is 155 Å². The van der Waals surface area contributed by atoms with Crippen molar-refractivity contribution in [3.05, 3.63) is 53.6 Å². The molecule has 0 aromatic heterocycles. The molecule has 0 atom stereocenters. The van der Waals surface area contributed by atoms with Crippen LogP contribution in [-0.4, -0.2) is 29.1 Å². The summed E-state index contributed by atoms with van der Waals surface area (Å²) >= 11 is 1.65. The normalized spacial score (nSPS) is 16.0. The SMILES string of the molecule is CSc1ccc(-c2ccc(C=C3C(=O)OC(C)(C)OC3=O)c(O)c2)cc1. The van der Waals surface area contributed by atoms with E-state index in [0.29, 0.717) is 5.56 Å². The molecule has 1 aliphatic heterocycles. The molecule has 0 saturated carbocycles. The fourth-order valence-electron chi connectivity index (χ4n) is 2.56. The van der Waals surface area contributed by atoms with Crippen molar-refractivity contribution in [3.63, 3.8) is 0 Å². The lowest BCUT2D eigenvalue weighted by molar-refractivity contribution is -0.222. The third kappa shape index (κ3) is 3.75. The number of aromatic hydroxyl groups is 1. The van der Waals surface area contributed by atoms with Crippen molar-refractivity contribution in [1.29, 1.82) is 0 Å². The van der Waals surface area contributed by atoms with E-state index in [2.05, 4.69) is 0 Å². The van der Waals surface area contributed by atoms with Crippen molar-refractivity contribution in [2.75, 3.05) is 6.26 Å². The van der Waals surface area contributed by atoms with Crippen LogP contribution in [0.3, 0.4) is 0 Å². The average molecular weight is 370 g/mol. The van der Waals surface area contributed by atoms with Crippen LogP contribution in [0.25, 0.3) is 17.2 Å². The summed E-state index contributed by atoms with van der Waals surface area (Å²) in [5.41, 5.74) is 1.86. The molecule has 0 radical (unpaired) electrons. The zero-order chi connectivity index (χ0) is 18.9. The van der Waals surface area contributed by atoms with Crippen LogP contribution in [-0.2, 0) is 19.1 Å². The van der Waals surface area contributed by atoms with Crippen LogP contribution < -0.4 is 0 Å². The first kappa shape index (κ1) is 18.1. The van der Waals surface area contributed by atoms with Gasteiger partial charge in [0.05, 0.1) is 0 Å². The minimum atomic E-state index is -1.29. The fourth-order valence-corrected chi connectivity index (χ4v) is 2.97. The van der Waals surface area contributed by atoms with Gasteiger partial charge in [0.25, 0.3) is 5.79 Å². The van der Waals surface area contributed by atoms with Gasteiger partial charge in [-0.1, -0.05) is 24.3 Å². The summed E-state index contributed by atoms with van der Waals surface area (Å²) in [6.45, 7) is 2.96. The standard InChI is InChI=1S/C20H18O5S/c1-20(2)24-18(22)16(19(23)25-20)10-14-5-4-13(11-17(14)21)12-6-8-15(26-3)9-7-12/h4-11,21H,1-3H3. The molecule has 0 amide bonds. The molecular weight excluding hydrogens is 352 g/mol. The second-order valence-electron chi connectivity index (χ2n) is 6.24. The Morgan fingerprint density at radius 1 is 0.962 bits per heavy atom. The van der Waals surface area contributed by atoms with Crippen LogP contribution in [0.2, 0.25) is 0 Å². The Morgan fingerprint density at radius 3 is 2.08 bits per heavy atom. The van der Waals surface area contributed by atoms with Crippen LogP contribution in [0, 0.1) is 0 Å². The van der Waals surface area contributed by atoms with E-state index >= 15 is 0 Å². The van der Waals surface area contributed by atoms with Crippen LogP contribution in [0.15, 0.2) is 52.9 Å². The number of hydrogen-bond donors (Lipinski definition) is 1. The molecule has 0 bridgehead atoms.